The van der Waals surface area contributed by atoms with E-state index in [0.29, 0.717) is 29.9 Å². The lowest BCUT2D eigenvalue weighted by Gasteiger charge is -2.22. The van der Waals surface area contributed by atoms with Gasteiger partial charge in [0.2, 0.25) is 0 Å². The molecular weight excluding hydrogens is 313 g/mol. The standard InChI is InChI=1S/C17H20FN3O3/c1-11-14(8-19-21(11)16-6-4-3-5-15(16)18)17(23)20-9-13(24-2)7-12(20)10-22/h3-6,8,12-13,22H,7,9-10H2,1-2H3/t12-,13+/m0/s1. The van der Waals surface area contributed by atoms with Crippen molar-refractivity contribution in [2.75, 3.05) is 20.3 Å². The first-order chi connectivity index (χ1) is 11.6. The number of aromatic nitrogens is 2. The third-order valence-corrected chi connectivity index (χ3v) is 4.50. The number of carbonyl (C=O) groups excluding carboxylic acids is 1. The number of rotatable bonds is 4. The summed E-state index contributed by atoms with van der Waals surface area (Å²) in [6, 6.07) is 6.00. The van der Waals surface area contributed by atoms with Crippen molar-refractivity contribution in [3.8, 4) is 5.69 Å². The smallest absolute Gasteiger partial charge is 0.257 e. The van der Waals surface area contributed by atoms with Crippen LogP contribution in [0.5, 0.6) is 0 Å². The van der Waals surface area contributed by atoms with E-state index in [0.717, 1.165) is 0 Å². The van der Waals surface area contributed by atoms with Gasteiger partial charge in [0.15, 0.2) is 0 Å². The van der Waals surface area contributed by atoms with Crippen LogP contribution in [0.15, 0.2) is 30.5 Å². The van der Waals surface area contributed by atoms with E-state index in [1.165, 1.54) is 16.9 Å². The molecule has 1 N–H and O–H groups in total. The molecule has 1 saturated heterocycles. The Morgan fingerprint density at radius 2 is 2.21 bits per heavy atom. The van der Waals surface area contributed by atoms with Gasteiger partial charge < -0.3 is 14.7 Å². The normalized spacial score (nSPS) is 20.6. The highest BCUT2D eigenvalue weighted by Gasteiger charge is 2.36. The average Bonchev–Trinajstić information content (AvgIpc) is 3.18. The molecule has 6 nitrogen and oxygen atoms in total. The van der Waals surface area contributed by atoms with E-state index < -0.39 is 5.82 Å². The second-order valence-electron chi connectivity index (χ2n) is 5.89. The highest BCUT2D eigenvalue weighted by Crippen LogP contribution is 2.24. The van der Waals surface area contributed by atoms with Crippen LogP contribution in [0.25, 0.3) is 5.69 Å². The Bertz CT molecular complexity index is 746. The van der Waals surface area contributed by atoms with Crippen molar-refractivity contribution in [1.29, 1.82) is 0 Å². The van der Waals surface area contributed by atoms with Crippen molar-refractivity contribution >= 4 is 5.91 Å². The van der Waals surface area contributed by atoms with Crippen LogP contribution in [0.3, 0.4) is 0 Å². The molecular formula is C17H20FN3O3. The lowest BCUT2D eigenvalue weighted by molar-refractivity contribution is 0.0647. The minimum absolute atomic E-state index is 0.0898. The van der Waals surface area contributed by atoms with Crippen molar-refractivity contribution < 1.29 is 19.0 Å². The van der Waals surface area contributed by atoms with E-state index in [-0.39, 0.29) is 24.7 Å². The van der Waals surface area contributed by atoms with E-state index >= 15 is 0 Å². The fourth-order valence-electron chi connectivity index (χ4n) is 3.11. The fraction of sp³-hybridized carbons (Fsp3) is 0.412. The zero-order chi connectivity index (χ0) is 17.3. The zero-order valence-corrected chi connectivity index (χ0v) is 13.6. The molecule has 0 aliphatic carbocycles. The summed E-state index contributed by atoms with van der Waals surface area (Å²) in [5, 5.41) is 13.7. The first kappa shape index (κ1) is 16.6. The highest BCUT2D eigenvalue weighted by atomic mass is 19.1. The van der Waals surface area contributed by atoms with Gasteiger partial charge in [-0.2, -0.15) is 5.10 Å². The number of ether oxygens (including phenoxy) is 1. The summed E-state index contributed by atoms with van der Waals surface area (Å²) in [4.78, 5) is 14.4. The third kappa shape index (κ3) is 2.81. The largest absolute Gasteiger partial charge is 0.394 e. The summed E-state index contributed by atoms with van der Waals surface area (Å²) in [5.74, 6) is -0.634. The Morgan fingerprint density at radius 3 is 2.88 bits per heavy atom. The molecule has 0 spiro atoms. The van der Waals surface area contributed by atoms with Gasteiger partial charge in [0.1, 0.15) is 11.5 Å². The summed E-state index contributed by atoms with van der Waals surface area (Å²) in [6.07, 6.45) is 1.95. The van der Waals surface area contributed by atoms with Crippen molar-refractivity contribution in [2.24, 2.45) is 0 Å². The van der Waals surface area contributed by atoms with Gasteiger partial charge in [0, 0.05) is 13.7 Å². The van der Waals surface area contributed by atoms with Gasteiger partial charge in [0.05, 0.1) is 36.2 Å². The number of methoxy groups -OCH3 is 1. The molecule has 1 aromatic carbocycles. The molecule has 0 radical (unpaired) electrons. The maximum atomic E-state index is 14.0. The van der Waals surface area contributed by atoms with Gasteiger partial charge in [-0.25, -0.2) is 9.07 Å². The van der Waals surface area contributed by atoms with E-state index in [9.17, 15) is 14.3 Å². The van der Waals surface area contributed by atoms with Crippen LogP contribution in [0.1, 0.15) is 22.5 Å². The summed E-state index contributed by atoms with van der Waals surface area (Å²) in [6.45, 7) is 2.03. The minimum atomic E-state index is -0.406. The van der Waals surface area contributed by atoms with Gasteiger partial charge in [-0.3, -0.25) is 4.79 Å². The van der Waals surface area contributed by atoms with E-state index in [1.54, 1.807) is 37.1 Å². The summed E-state index contributed by atoms with van der Waals surface area (Å²) in [7, 11) is 1.59. The Hall–Kier alpha value is -2.25. The Balaban J connectivity index is 1.91. The lowest BCUT2D eigenvalue weighted by Crippen LogP contribution is -2.38. The Kier molecular flexibility index (Phi) is 4.64. The quantitative estimate of drug-likeness (QED) is 0.922. The maximum absolute atomic E-state index is 14.0. The number of likely N-dealkylation sites (tertiary alicyclic amines) is 1. The first-order valence-corrected chi connectivity index (χ1v) is 7.81. The molecule has 1 aliphatic rings. The number of carbonyl (C=O) groups is 1. The SMILES string of the molecule is CO[C@@H]1C[C@@H](CO)N(C(=O)c2cnn(-c3ccccc3F)c2C)C1. The zero-order valence-electron chi connectivity index (χ0n) is 13.6. The molecule has 2 aromatic rings. The number of nitrogens with zero attached hydrogens (tertiary/aromatic N) is 3. The van der Waals surface area contributed by atoms with Crippen LogP contribution < -0.4 is 0 Å². The third-order valence-electron chi connectivity index (χ3n) is 4.50. The summed E-state index contributed by atoms with van der Waals surface area (Å²) >= 11 is 0. The number of amides is 1. The molecule has 3 rings (SSSR count). The maximum Gasteiger partial charge on any atom is 0.257 e. The molecule has 128 valence electrons. The van der Waals surface area contributed by atoms with Crippen molar-refractivity contribution in [2.45, 2.75) is 25.5 Å². The Morgan fingerprint density at radius 1 is 1.46 bits per heavy atom. The number of hydrogen-bond acceptors (Lipinski definition) is 4. The molecule has 0 unspecified atom stereocenters. The molecule has 1 aliphatic heterocycles. The number of aliphatic hydroxyl groups is 1. The van der Waals surface area contributed by atoms with Crippen LogP contribution in [0.4, 0.5) is 4.39 Å². The van der Waals surface area contributed by atoms with E-state index in [1.807, 2.05) is 0 Å². The Labute approximate surface area is 139 Å². The molecule has 1 aromatic heterocycles. The van der Waals surface area contributed by atoms with Gasteiger partial charge in [-0.15, -0.1) is 0 Å². The predicted octanol–water partition coefficient (Wildman–Crippen LogP) is 1.54. The molecule has 7 heteroatoms. The van der Waals surface area contributed by atoms with Crippen molar-refractivity contribution in [1.82, 2.24) is 14.7 Å². The average molecular weight is 333 g/mol. The molecule has 0 bridgehead atoms. The monoisotopic (exact) mass is 333 g/mol. The summed E-state index contributed by atoms with van der Waals surface area (Å²) < 4.78 is 20.7. The van der Waals surface area contributed by atoms with Gasteiger partial charge in [-0.1, -0.05) is 12.1 Å². The number of para-hydroxylation sites is 1. The molecule has 24 heavy (non-hydrogen) atoms. The lowest BCUT2D eigenvalue weighted by atomic mass is 10.2. The topological polar surface area (TPSA) is 67.6 Å². The van der Waals surface area contributed by atoms with Crippen LogP contribution in [0, 0.1) is 12.7 Å². The molecule has 1 fully saturated rings. The molecule has 2 atom stereocenters. The fourth-order valence-corrected chi connectivity index (χ4v) is 3.11. The molecule has 1 amide bonds. The molecule has 2 heterocycles. The number of aliphatic hydroxyl groups excluding tert-OH is 1. The second kappa shape index (κ2) is 6.70. The van der Waals surface area contributed by atoms with Crippen LogP contribution >= 0.6 is 0 Å². The van der Waals surface area contributed by atoms with Crippen LogP contribution in [-0.4, -0.2) is 58.1 Å². The van der Waals surface area contributed by atoms with Gasteiger partial charge in [0.25, 0.3) is 5.91 Å². The number of hydrogen-bond donors (Lipinski definition) is 1. The predicted molar refractivity (Wildman–Crippen MR) is 85.6 cm³/mol. The van der Waals surface area contributed by atoms with Gasteiger partial charge >= 0.3 is 0 Å². The minimum Gasteiger partial charge on any atom is -0.394 e. The van der Waals surface area contributed by atoms with Crippen LogP contribution in [0.2, 0.25) is 0 Å². The highest BCUT2D eigenvalue weighted by molar-refractivity contribution is 5.95. The number of halogens is 1. The van der Waals surface area contributed by atoms with Crippen LogP contribution in [-0.2, 0) is 4.74 Å². The second-order valence-corrected chi connectivity index (χ2v) is 5.89. The number of benzene rings is 1. The first-order valence-electron chi connectivity index (χ1n) is 7.81. The van der Waals surface area contributed by atoms with Gasteiger partial charge in [-0.05, 0) is 25.5 Å². The molecule has 0 saturated carbocycles. The van der Waals surface area contributed by atoms with E-state index in [4.69, 9.17) is 4.74 Å². The van der Waals surface area contributed by atoms with Crippen molar-refractivity contribution in [3.63, 3.8) is 0 Å². The van der Waals surface area contributed by atoms with E-state index in [2.05, 4.69) is 5.10 Å². The van der Waals surface area contributed by atoms with Crippen molar-refractivity contribution in [3.05, 3.63) is 47.5 Å². The summed E-state index contributed by atoms with van der Waals surface area (Å²) in [5.41, 5.74) is 1.25.